The highest BCUT2D eigenvalue weighted by atomic mass is 28.2. The van der Waals surface area contributed by atoms with Crippen LogP contribution in [0.4, 0.5) is 0 Å². The molecule has 0 unspecified atom stereocenters. The van der Waals surface area contributed by atoms with Gasteiger partial charge in [-0.3, -0.25) is 0 Å². The van der Waals surface area contributed by atoms with E-state index in [0.717, 1.165) is 0 Å². The topological polar surface area (TPSA) is 0 Å². The van der Waals surface area contributed by atoms with E-state index in [-0.39, 0.29) is 0 Å². The van der Waals surface area contributed by atoms with E-state index in [9.17, 15) is 0 Å². The molecule has 54 valence electrons. The Labute approximate surface area is 70.5 Å². The Morgan fingerprint density at radius 2 is 2.09 bits per heavy atom. The summed E-state index contributed by atoms with van der Waals surface area (Å²) < 4.78 is 0. The van der Waals surface area contributed by atoms with Crippen LogP contribution in [0.25, 0.3) is 0 Å². The maximum Gasteiger partial charge on any atom is 0.186 e. The lowest BCUT2D eigenvalue weighted by molar-refractivity contribution is 1.37. The number of hydrogen-bond acceptors (Lipinski definition) is 0. The zero-order valence-electron chi connectivity index (χ0n) is 6.81. The van der Waals surface area contributed by atoms with E-state index in [1.54, 1.807) is 0 Å². The summed E-state index contributed by atoms with van der Waals surface area (Å²) in [7, 11) is 0.510. The molecular formula is C10H10Si. The Hall–Kier alpha value is -1.00. The van der Waals surface area contributed by atoms with Gasteiger partial charge in [-0.05, 0) is 30.2 Å². The Morgan fingerprint density at radius 1 is 1.36 bits per heavy atom. The summed E-state index contributed by atoms with van der Waals surface area (Å²) >= 11 is 0. The van der Waals surface area contributed by atoms with Crippen molar-refractivity contribution in [3.8, 4) is 12.0 Å². The molecule has 0 atom stereocenters. The van der Waals surface area contributed by atoms with Crippen molar-refractivity contribution < 1.29 is 0 Å². The van der Waals surface area contributed by atoms with Crippen molar-refractivity contribution in [2.45, 2.75) is 13.8 Å². The van der Waals surface area contributed by atoms with Gasteiger partial charge in [-0.25, -0.2) is 0 Å². The van der Waals surface area contributed by atoms with E-state index < -0.39 is 0 Å². The van der Waals surface area contributed by atoms with Crippen LogP contribution < -0.4 is 5.19 Å². The van der Waals surface area contributed by atoms with Gasteiger partial charge in [0, 0.05) is 0 Å². The smallest absolute Gasteiger partial charge is 0.133 e. The molecular weight excluding hydrogens is 148 g/mol. The second-order valence-corrected chi connectivity index (χ2v) is 3.59. The summed E-state index contributed by atoms with van der Waals surface area (Å²) in [6.45, 7) is 4.23. The van der Waals surface area contributed by atoms with Crippen LogP contribution in [0.15, 0.2) is 18.2 Å². The first-order chi connectivity index (χ1) is 5.25. The zero-order chi connectivity index (χ0) is 8.27. The van der Waals surface area contributed by atoms with Gasteiger partial charge in [-0.15, -0.1) is 12.0 Å². The van der Waals surface area contributed by atoms with Crippen LogP contribution in [-0.4, -0.2) is 9.52 Å². The van der Waals surface area contributed by atoms with E-state index in [1.165, 1.54) is 16.3 Å². The summed E-state index contributed by atoms with van der Waals surface area (Å²) in [6.07, 6.45) is 5.24. The van der Waals surface area contributed by atoms with Gasteiger partial charge in [0.25, 0.3) is 0 Å². The molecule has 1 rings (SSSR count). The monoisotopic (exact) mass is 158 g/mol. The lowest BCUT2D eigenvalue weighted by atomic mass is 10.1. The molecule has 1 aromatic rings. The van der Waals surface area contributed by atoms with Gasteiger partial charge in [0.1, 0.15) is 0 Å². The maximum atomic E-state index is 5.24. The van der Waals surface area contributed by atoms with Crippen LogP contribution in [0.1, 0.15) is 11.1 Å². The molecule has 0 aliphatic carbocycles. The molecule has 11 heavy (non-hydrogen) atoms. The van der Waals surface area contributed by atoms with Crippen molar-refractivity contribution in [3.63, 3.8) is 0 Å². The van der Waals surface area contributed by atoms with Crippen molar-refractivity contribution in [1.29, 1.82) is 0 Å². The molecule has 0 aliphatic rings. The standard InChI is InChI=1S/C10H10Si/c1-4-11-10-7-5-6-8(2)9(10)3/h1,5-7H,2-3H3. The van der Waals surface area contributed by atoms with E-state index >= 15 is 0 Å². The van der Waals surface area contributed by atoms with Gasteiger partial charge in [0.15, 0.2) is 9.52 Å². The molecule has 1 aromatic carbocycles. The third-order valence-electron chi connectivity index (χ3n) is 1.81. The van der Waals surface area contributed by atoms with E-state index in [0.29, 0.717) is 9.52 Å². The number of hydrogen-bond donors (Lipinski definition) is 0. The van der Waals surface area contributed by atoms with Crippen molar-refractivity contribution >= 4 is 14.7 Å². The SMILES string of the molecule is C#C[Si]c1cccc(C)c1C. The molecule has 0 aliphatic heterocycles. The lowest BCUT2D eigenvalue weighted by Gasteiger charge is -2.03. The predicted molar refractivity (Wildman–Crippen MR) is 50.1 cm³/mol. The molecule has 0 bridgehead atoms. The van der Waals surface area contributed by atoms with E-state index in [2.05, 4.69) is 37.6 Å². The molecule has 0 spiro atoms. The lowest BCUT2D eigenvalue weighted by Crippen LogP contribution is -2.16. The Kier molecular flexibility index (Phi) is 2.51. The van der Waals surface area contributed by atoms with Gasteiger partial charge >= 0.3 is 0 Å². The highest BCUT2D eigenvalue weighted by molar-refractivity contribution is 6.62. The summed E-state index contributed by atoms with van der Waals surface area (Å²) in [4.78, 5) is 0. The molecule has 0 amide bonds. The summed E-state index contributed by atoms with van der Waals surface area (Å²) in [5.41, 5.74) is 5.34. The molecule has 0 N–H and O–H groups in total. The van der Waals surface area contributed by atoms with Crippen LogP contribution >= 0.6 is 0 Å². The van der Waals surface area contributed by atoms with Crippen LogP contribution in [0.2, 0.25) is 0 Å². The van der Waals surface area contributed by atoms with Gasteiger partial charge in [-0.2, -0.15) is 0 Å². The largest absolute Gasteiger partial charge is 0.186 e. The first-order valence-corrected chi connectivity index (χ1v) is 4.53. The minimum absolute atomic E-state index is 0.510. The van der Waals surface area contributed by atoms with Crippen molar-refractivity contribution in [2.75, 3.05) is 0 Å². The molecule has 0 nitrogen and oxygen atoms in total. The van der Waals surface area contributed by atoms with E-state index in [1.807, 2.05) is 0 Å². The number of rotatable bonds is 1. The van der Waals surface area contributed by atoms with Crippen molar-refractivity contribution in [2.24, 2.45) is 0 Å². The molecule has 0 fully saturated rings. The number of benzene rings is 1. The van der Waals surface area contributed by atoms with Crippen LogP contribution in [0, 0.1) is 25.8 Å². The quantitative estimate of drug-likeness (QED) is 0.426. The first-order valence-electron chi connectivity index (χ1n) is 3.53. The Balaban J connectivity index is 3.08. The summed E-state index contributed by atoms with van der Waals surface area (Å²) in [6, 6.07) is 6.27. The number of aryl methyl sites for hydroxylation is 1. The van der Waals surface area contributed by atoms with Crippen LogP contribution in [-0.2, 0) is 0 Å². The highest BCUT2D eigenvalue weighted by Crippen LogP contribution is 2.01. The average molecular weight is 158 g/mol. The third kappa shape index (κ3) is 1.72. The Morgan fingerprint density at radius 3 is 2.73 bits per heavy atom. The Bertz CT molecular complexity index is 294. The van der Waals surface area contributed by atoms with Crippen molar-refractivity contribution in [1.82, 2.24) is 0 Å². The highest BCUT2D eigenvalue weighted by Gasteiger charge is 1.98. The molecule has 0 saturated carbocycles. The zero-order valence-corrected chi connectivity index (χ0v) is 7.81. The minimum atomic E-state index is 0.510. The van der Waals surface area contributed by atoms with Gasteiger partial charge in [0.05, 0.1) is 0 Å². The van der Waals surface area contributed by atoms with Gasteiger partial charge < -0.3 is 0 Å². The molecule has 2 radical (unpaired) electrons. The van der Waals surface area contributed by atoms with E-state index in [4.69, 9.17) is 6.42 Å². The fourth-order valence-electron chi connectivity index (χ4n) is 0.964. The normalized spacial score (nSPS) is 9.18. The molecule has 0 saturated heterocycles. The number of terminal acetylenes is 1. The summed E-state index contributed by atoms with van der Waals surface area (Å²) in [5, 5.41) is 1.30. The maximum absolute atomic E-state index is 5.24. The molecule has 1 heteroatoms. The van der Waals surface area contributed by atoms with Crippen LogP contribution in [0.5, 0.6) is 0 Å². The predicted octanol–water partition coefficient (Wildman–Crippen LogP) is 1.22. The first kappa shape index (κ1) is 8.10. The minimum Gasteiger partial charge on any atom is -0.133 e. The second-order valence-electron chi connectivity index (χ2n) is 2.52. The van der Waals surface area contributed by atoms with Gasteiger partial charge in [-0.1, -0.05) is 18.2 Å². The van der Waals surface area contributed by atoms with Crippen LogP contribution in [0.3, 0.4) is 0 Å². The fourth-order valence-corrected chi connectivity index (χ4v) is 1.68. The third-order valence-corrected chi connectivity index (χ3v) is 2.77. The van der Waals surface area contributed by atoms with Gasteiger partial charge in [0.2, 0.25) is 0 Å². The average Bonchev–Trinajstić information content (AvgIpc) is 1.99. The molecule has 0 aromatic heterocycles. The summed E-state index contributed by atoms with van der Waals surface area (Å²) in [5.74, 6) is 0. The fraction of sp³-hybridized carbons (Fsp3) is 0.200. The second kappa shape index (κ2) is 3.41. The van der Waals surface area contributed by atoms with Crippen molar-refractivity contribution in [3.05, 3.63) is 29.3 Å². The molecule has 0 heterocycles.